The van der Waals surface area contributed by atoms with Gasteiger partial charge in [-0.1, -0.05) is 12.1 Å². The standard InChI is InChI=1S/C15H20N2O2S/c1-9-5-6-10(2)13-12(9)11(3)14(17-13)15(18)16-7-8-20(4)19/h5-6,17H,7-8H2,1-4H3,(H,16,18)/t20-/m0/s1. The summed E-state index contributed by atoms with van der Waals surface area (Å²) in [6, 6.07) is 4.12. The number of aromatic nitrogens is 1. The molecular formula is C15H20N2O2S. The Morgan fingerprint density at radius 3 is 2.50 bits per heavy atom. The highest BCUT2D eigenvalue weighted by molar-refractivity contribution is 7.84. The lowest BCUT2D eigenvalue weighted by molar-refractivity contribution is 0.0951. The number of hydrogen-bond acceptors (Lipinski definition) is 2. The first-order valence-corrected chi connectivity index (χ1v) is 8.31. The molecule has 108 valence electrons. The number of amides is 1. The molecular weight excluding hydrogens is 272 g/mol. The third-order valence-corrected chi connectivity index (χ3v) is 4.30. The number of hydrogen-bond donors (Lipinski definition) is 2. The molecule has 2 N–H and O–H groups in total. The van der Waals surface area contributed by atoms with Gasteiger partial charge in [-0.05, 0) is 37.5 Å². The first-order chi connectivity index (χ1) is 9.41. The number of aromatic amines is 1. The summed E-state index contributed by atoms with van der Waals surface area (Å²) in [5.74, 6) is 0.339. The molecule has 1 heterocycles. The molecule has 4 nitrogen and oxygen atoms in total. The van der Waals surface area contributed by atoms with E-state index in [1.54, 1.807) is 6.26 Å². The van der Waals surface area contributed by atoms with Crippen LogP contribution in [0.5, 0.6) is 0 Å². The molecule has 0 fully saturated rings. The third-order valence-electron chi connectivity index (χ3n) is 3.52. The molecule has 0 radical (unpaired) electrons. The van der Waals surface area contributed by atoms with E-state index in [0.717, 1.165) is 27.6 Å². The van der Waals surface area contributed by atoms with Crippen molar-refractivity contribution < 1.29 is 9.00 Å². The maximum Gasteiger partial charge on any atom is 0.268 e. The van der Waals surface area contributed by atoms with Gasteiger partial charge >= 0.3 is 0 Å². The quantitative estimate of drug-likeness (QED) is 0.907. The molecule has 0 spiro atoms. The molecule has 0 saturated heterocycles. The zero-order chi connectivity index (χ0) is 14.9. The number of benzene rings is 1. The van der Waals surface area contributed by atoms with Crippen LogP contribution < -0.4 is 5.32 Å². The van der Waals surface area contributed by atoms with Crippen LogP contribution in [0.25, 0.3) is 10.9 Å². The Morgan fingerprint density at radius 2 is 1.90 bits per heavy atom. The van der Waals surface area contributed by atoms with Gasteiger partial charge in [0.05, 0.1) is 0 Å². The van der Waals surface area contributed by atoms with Crippen LogP contribution >= 0.6 is 0 Å². The molecule has 1 amide bonds. The van der Waals surface area contributed by atoms with Crippen molar-refractivity contribution in [2.24, 2.45) is 0 Å². The topological polar surface area (TPSA) is 62.0 Å². The number of fused-ring (bicyclic) bond motifs is 1. The average Bonchev–Trinajstić information content (AvgIpc) is 2.73. The van der Waals surface area contributed by atoms with Gasteiger partial charge in [-0.2, -0.15) is 0 Å². The molecule has 0 aliphatic carbocycles. The van der Waals surface area contributed by atoms with Gasteiger partial charge in [0.15, 0.2) is 0 Å². The summed E-state index contributed by atoms with van der Waals surface area (Å²) in [5.41, 5.74) is 4.87. The summed E-state index contributed by atoms with van der Waals surface area (Å²) in [4.78, 5) is 15.4. The Hall–Kier alpha value is -1.62. The van der Waals surface area contributed by atoms with Crippen LogP contribution in [0.1, 0.15) is 27.2 Å². The Balaban J connectivity index is 2.33. The smallest absolute Gasteiger partial charge is 0.268 e. The molecule has 0 aliphatic rings. The monoisotopic (exact) mass is 292 g/mol. The van der Waals surface area contributed by atoms with Crippen molar-refractivity contribution in [1.29, 1.82) is 0 Å². The Labute approximate surface area is 121 Å². The number of aryl methyl sites for hydroxylation is 3. The van der Waals surface area contributed by atoms with Crippen LogP contribution in [0.2, 0.25) is 0 Å². The number of carbonyl (C=O) groups excluding carboxylic acids is 1. The van der Waals surface area contributed by atoms with Gasteiger partial charge < -0.3 is 10.3 Å². The van der Waals surface area contributed by atoms with E-state index in [1.807, 2.05) is 20.8 Å². The number of rotatable bonds is 4. The van der Waals surface area contributed by atoms with Gasteiger partial charge in [0.25, 0.3) is 5.91 Å². The summed E-state index contributed by atoms with van der Waals surface area (Å²) >= 11 is 0. The predicted octanol–water partition coefficient (Wildman–Crippen LogP) is 2.20. The van der Waals surface area contributed by atoms with E-state index in [9.17, 15) is 9.00 Å². The molecule has 1 aromatic carbocycles. The molecule has 1 aromatic heterocycles. The molecule has 0 aliphatic heterocycles. The van der Waals surface area contributed by atoms with Crippen molar-refractivity contribution in [3.8, 4) is 0 Å². The van der Waals surface area contributed by atoms with Crippen LogP contribution in [0.3, 0.4) is 0 Å². The van der Waals surface area contributed by atoms with E-state index < -0.39 is 10.8 Å². The van der Waals surface area contributed by atoms with Gasteiger partial charge in [0.2, 0.25) is 0 Å². The van der Waals surface area contributed by atoms with Crippen molar-refractivity contribution in [3.63, 3.8) is 0 Å². The number of nitrogens with one attached hydrogen (secondary N) is 2. The summed E-state index contributed by atoms with van der Waals surface area (Å²) in [6.45, 7) is 6.46. The highest BCUT2D eigenvalue weighted by Gasteiger charge is 2.16. The minimum atomic E-state index is -0.891. The summed E-state index contributed by atoms with van der Waals surface area (Å²) < 4.78 is 11.0. The zero-order valence-electron chi connectivity index (χ0n) is 12.3. The van der Waals surface area contributed by atoms with Gasteiger partial charge in [0, 0.05) is 40.3 Å². The van der Waals surface area contributed by atoms with Crippen molar-refractivity contribution in [2.75, 3.05) is 18.6 Å². The van der Waals surface area contributed by atoms with E-state index >= 15 is 0 Å². The van der Waals surface area contributed by atoms with E-state index in [-0.39, 0.29) is 5.91 Å². The van der Waals surface area contributed by atoms with Crippen LogP contribution in [-0.2, 0) is 10.8 Å². The number of H-pyrrole nitrogens is 1. The number of carbonyl (C=O) groups is 1. The minimum Gasteiger partial charge on any atom is -0.350 e. The maximum atomic E-state index is 12.2. The molecule has 2 rings (SSSR count). The van der Waals surface area contributed by atoms with E-state index in [0.29, 0.717) is 18.0 Å². The third kappa shape index (κ3) is 2.77. The molecule has 1 atom stereocenters. The van der Waals surface area contributed by atoms with Crippen LogP contribution in [-0.4, -0.2) is 33.7 Å². The lowest BCUT2D eigenvalue weighted by atomic mass is 10.0. The lowest BCUT2D eigenvalue weighted by Gasteiger charge is -2.03. The van der Waals surface area contributed by atoms with Crippen molar-refractivity contribution in [2.45, 2.75) is 20.8 Å². The van der Waals surface area contributed by atoms with Gasteiger partial charge in [0.1, 0.15) is 5.69 Å². The normalized spacial score (nSPS) is 12.6. The second-order valence-corrected chi connectivity index (χ2v) is 6.66. The molecule has 0 unspecified atom stereocenters. The van der Waals surface area contributed by atoms with Crippen molar-refractivity contribution >= 4 is 27.6 Å². The zero-order valence-corrected chi connectivity index (χ0v) is 13.1. The average molecular weight is 292 g/mol. The molecule has 5 heteroatoms. The van der Waals surface area contributed by atoms with Gasteiger partial charge in [-0.15, -0.1) is 0 Å². The summed E-state index contributed by atoms with van der Waals surface area (Å²) in [5, 5.41) is 3.93. The summed E-state index contributed by atoms with van der Waals surface area (Å²) in [6.07, 6.45) is 1.63. The first-order valence-electron chi connectivity index (χ1n) is 6.58. The Kier molecular flexibility index (Phi) is 4.28. The minimum absolute atomic E-state index is 0.136. The van der Waals surface area contributed by atoms with E-state index in [4.69, 9.17) is 0 Å². The molecule has 0 saturated carbocycles. The van der Waals surface area contributed by atoms with Crippen LogP contribution in [0.15, 0.2) is 12.1 Å². The lowest BCUT2D eigenvalue weighted by Crippen LogP contribution is -2.28. The van der Waals surface area contributed by atoms with E-state index in [1.165, 1.54) is 0 Å². The SMILES string of the molecule is Cc1ccc(C)c2c(C)c(C(=O)NCC[S@](C)=O)[nH]c12. The molecule has 0 bridgehead atoms. The fourth-order valence-electron chi connectivity index (χ4n) is 2.42. The molecule has 20 heavy (non-hydrogen) atoms. The highest BCUT2D eigenvalue weighted by atomic mass is 32.2. The van der Waals surface area contributed by atoms with Crippen LogP contribution in [0.4, 0.5) is 0 Å². The largest absolute Gasteiger partial charge is 0.350 e. The van der Waals surface area contributed by atoms with Gasteiger partial charge in [-0.3, -0.25) is 9.00 Å². The maximum absolute atomic E-state index is 12.2. The van der Waals surface area contributed by atoms with E-state index in [2.05, 4.69) is 22.4 Å². The molecule has 2 aromatic rings. The fourth-order valence-corrected chi connectivity index (χ4v) is 2.81. The predicted molar refractivity (Wildman–Crippen MR) is 83.8 cm³/mol. The van der Waals surface area contributed by atoms with Crippen molar-refractivity contribution in [3.05, 3.63) is 34.5 Å². The Morgan fingerprint density at radius 1 is 1.25 bits per heavy atom. The second-order valence-electron chi connectivity index (χ2n) is 5.11. The highest BCUT2D eigenvalue weighted by Crippen LogP contribution is 2.27. The first kappa shape index (κ1) is 14.8. The van der Waals surface area contributed by atoms with Crippen molar-refractivity contribution in [1.82, 2.24) is 10.3 Å². The Bertz CT molecular complexity index is 689. The second kappa shape index (κ2) is 5.79. The fraction of sp³-hybridized carbons (Fsp3) is 0.400. The van der Waals surface area contributed by atoms with Gasteiger partial charge in [-0.25, -0.2) is 0 Å². The summed E-state index contributed by atoms with van der Waals surface area (Å²) in [7, 11) is -0.891. The van der Waals surface area contributed by atoms with Crippen LogP contribution in [0, 0.1) is 20.8 Å².